The van der Waals surface area contributed by atoms with E-state index in [4.69, 9.17) is 14.0 Å². The van der Waals surface area contributed by atoms with Crippen molar-refractivity contribution in [1.29, 1.82) is 0 Å². The van der Waals surface area contributed by atoms with Crippen LogP contribution < -0.4 is 0 Å². The molecule has 5 nitrogen and oxygen atoms in total. The molecule has 1 saturated heterocycles. The summed E-state index contributed by atoms with van der Waals surface area (Å²) in [6.07, 6.45) is 2.00. The lowest BCUT2D eigenvalue weighted by molar-refractivity contribution is 0.00578. The summed E-state index contributed by atoms with van der Waals surface area (Å²) in [7, 11) is -0.456. The predicted molar refractivity (Wildman–Crippen MR) is 104 cm³/mol. The SMILES string of the molecule is CCOC(=O)c1[nH]c(C)c(C=C(CS)B2OC(C)(C)C(C)(C)O2)c1C. The minimum atomic E-state index is -0.456. The summed E-state index contributed by atoms with van der Waals surface area (Å²) in [5.74, 6) is 0.154. The summed E-state index contributed by atoms with van der Waals surface area (Å²) >= 11 is 4.45. The Morgan fingerprint density at radius 1 is 1.24 bits per heavy atom. The summed E-state index contributed by atoms with van der Waals surface area (Å²) in [4.78, 5) is 15.2. The highest BCUT2D eigenvalue weighted by Gasteiger charge is 2.52. The molecule has 7 heteroatoms. The van der Waals surface area contributed by atoms with Gasteiger partial charge in [-0.25, -0.2) is 4.79 Å². The smallest absolute Gasteiger partial charge is 0.461 e. The number of hydrogen-bond acceptors (Lipinski definition) is 5. The number of aromatic nitrogens is 1. The molecule has 1 N–H and O–H groups in total. The van der Waals surface area contributed by atoms with E-state index >= 15 is 0 Å². The van der Waals surface area contributed by atoms with Crippen molar-refractivity contribution in [3.63, 3.8) is 0 Å². The molecule has 0 spiro atoms. The molecule has 0 saturated carbocycles. The van der Waals surface area contributed by atoms with Gasteiger partial charge < -0.3 is 19.0 Å². The van der Waals surface area contributed by atoms with Crippen LogP contribution in [0.4, 0.5) is 0 Å². The van der Waals surface area contributed by atoms with Gasteiger partial charge in [0.05, 0.1) is 17.8 Å². The van der Waals surface area contributed by atoms with Gasteiger partial charge in [0.25, 0.3) is 0 Å². The molecule has 1 aromatic rings. The third kappa shape index (κ3) is 3.83. The van der Waals surface area contributed by atoms with Gasteiger partial charge in [-0.3, -0.25) is 0 Å². The zero-order valence-corrected chi connectivity index (χ0v) is 17.0. The lowest BCUT2D eigenvalue weighted by Gasteiger charge is -2.32. The van der Waals surface area contributed by atoms with Crippen molar-refractivity contribution in [3.05, 3.63) is 28.0 Å². The summed E-state index contributed by atoms with van der Waals surface area (Å²) in [5, 5.41) is 0. The summed E-state index contributed by atoms with van der Waals surface area (Å²) < 4.78 is 17.3. The minimum absolute atomic E-state index is 0.342. The topological polar surface area (TPSA) is 60.6 Å². The van der Waals surface area contributed by atoms with Crippen LogP contribution in [-0.2, 0) is 14.0 Å². The number of carbonyl (C=O) groups excluding carboxylic acids is 1. The van der Waals surface area contributed by atoms with Crippen molar-refractivity contribution >= 4 is 31.8 Å². The van der Waals surface area contributed by atoms with Crippen LogP contribution in [0, 0.1) is 13.8 Å². The maximum absolute atomic E-state index is 12.1. The molecule has 0 amide bonds. The highest BCUT2D eigenvalue weighted by molar-refractivity contribution is 7.80. The van der Waals surface area contributed by atoms with E-state index in [0.29, 0.717) is 18.1 Å². The Hall–Kier alpha value is -1.18. The molecule has 0 aromatic carbocycles. The predicted octanol–water partition coefficient (Wildman–Crippen LogP) is 3.75. The fourth-order valence-corrected chi connectivity index (χ4v) is 3.00. The van der Waals surface area contributed by atoms with Gasteiger partial charge in [-0.05, 0) is 65.1 Å². The molecule has 0 bridgehead atoms. The average molecular weight is 365 g/mol. The maximum Gasteiger partial charge on any atom is 0.491 e. The number of ether oxygens (including phenoxy) is 1. The van der Waals surface area contributed by atoms with Crippen molar-refractivity contribution in [2.24, 2.45) is 0 Å². The Kier molecular flexibility index (Phi) is 5.81. The maximum atomic E-state index is 12.1. The number of nitrogens with one attached hydrogen (secondary N) is 1. The second kappa shape index (κ2) is 7.21. The van der Waals surface area contributed by atoms with Crippen LogP contribution in [0.5, 0.6) is 0 Å². The van der Waals surface area contributed by atoms with Gasteiger partial charge in [-0.15, -0.1) is 0 Å². The van der Waals surface area contributed by atoms with E-state index in [-0.39, 0.29) is 5.97 Å². The molecule has 25 heavy (non-hydrogen) atoms. The number of aryl methyl sites for hydroxylation is 1. The summed E-state index contributed by atoms with van der Waals surface area (Å²) in [6.45, 7) is 14.1. The van der Waals surface area contributed by atoms with Gasteiger partial charge in [0.2, 0.25) is 0 Å². The Morgan fingerprint density at radius 2 is 1.80 bits per heavy atom. The van der Waals surface area contributed by atoms with Crippen molar-refractivity contribution in [1.82, 2.24) is 4.98 Å². The van der Waals surface area contributed by atoms with Gasteiger partial charge in [0, 0.05) is 11.4 Å². The number of hydrogen-bond donors (Lipinski definition) is 2. The zero-order valence-electron chi connectivity index (χ0n) is 16.1. The van der Waals surface area contributed by atoms with Gasteiger partial charge in [0.15, 0.2) is 0 Å². The standard InChI is InChI=1S/C18H28BNO4S/c1-8-22-16(21)15-11(2)14(12(3)20-15)9-13(10-25)19-23-17(4,5)18(6,7)24-19/h9,20,25H,8,10H2,1-7H3. The summed E-state index contributed by atoms with van der Waals surface area (Å²) in [6, 6.07) is 0. The van der Waals surface area contributed by atoms with Gasteiger partial charge in [0.1, 0.15) is 5.69 Å². The number of H-pyrrole nitrogens is 1. The average Bonchev–Trinajstić information content (AvgIpc) is 2.90. The Labute approximate surface area is 156 Å². The first-order valence-electron chi connectivity index (χ1n) is 8.57. The van der Waals surface area contributed by atoms with Gasteiger partial charge in [-0.2, -0.15) is 12.6 Å². The first kappa shape index (κ1) is 20.1. The molecule has 1 aliphatic rings. The van der Waals surface area contributed by atoms with E-state index in [1.54, 1.807) is 6.92 Å². The fourth-order valence-electron chi connectivity index (χ4n) is 2.76. The van der Waals surface area contributed by atoms with Crippen LogP contribution in [0.15, 0.2) is 5.47 Å². The Morgan fingerprint density at radius 3 is 2.28 bits per heavy atom. The molecular weight excluding hydrogens is 337 g/mol. The zero-order chi connectivity index (χ0) is 19.0. The molecule has 1 aliphatic heterocycles. The molecule has 138 valence electrons. The molecule has 0 atom stereocenters. The van der Waals surface area contributed by atoms with Crippen LogP contribution in [-0.4, -0.2) is 41.6 Å². The van der Waals surface area contributed by atoms with Crippen molar-refractivity contribution in [3.8, 4) is 0 Å². The summed E-state index contributed by atoms with van der Waals surface area (Å²) in [5.41, 5.74) is 3.29. The molecule has 1 aromatic heterocycles. The monoisotopic (exact) mass is 365 g/mol. The third-order valence-corrected chi connectivity index (χ3v) is 5.41. The molecule has 0 unspecified atom stereocenters. The van der Waals surface area contributed by atoms with Crippen LogP contribution in [0.1, 0.15) is 61.9 Å². The van der Waals surface area contributed by atoms with Crippen LogP contribution in [0.2, 0.25) is 0 Å². The Bertz CT molecular complexity index is 677. The lowest BCUT2D eigenvalue weighted by atomic mass is 9.78. The first-order chi connectivity index (χ1) is 11.5. The molecular formula is C18H28BNO4S. The molecule has 2 heterocycles. The van der Waals surface area contributed by atoms with Crippen LogP contribution >= 0.6 is 12.6 Å². The van der Waals surface area contributed by atoms with Crippen molar-refractivity contribution in [2.45, 2.75) is 59.7 Å². The van der Waals surface area contributed by atoms with Gasteiger partial charge in [-0.1, -0.05) is 6.08 Å². The molecule has 2 rings (SSSR count). The van der Waals surface area contributed by atoms with E-state index in [9.17, 15) is 4.79 Å². The first-order valence-corrected chi connectivity index (χ1v) is 9.20. The van der Waals surface area contributed by atoms with Crippen LogP contribution in [0.25, 0.3) is 6.08 Å². The van der Waals surface area contributed by atoms with E-state index in [2.05, 4.69) is 17.6 Å². The van der Waals surface area contributed by atoms with Crippen molar-refractivity contribution < 1.29 is 18.8 Å². The highest BCUT2D eigenvalue weighted by Crippen LogP contribution is 2.39. The van der Waals surface area contributed by atoms with Gasteiger partial charge >= 0.3 is 13.1 Å². The Balaban J connectivity index is 2.37. The quantitative estimate of drug-likeness (QED) is 0.474. The van der Waals surface area contributed by atoms with E-state index < -0.39 is 18.3 Å². The number of aromatic amines is 1. The number of carbonyl (C=O) groups is 1. The normalized spacial score (nSPS) is 19.4. The molecule has 0 aliphatic carbocycles. The molecule has 1 fully saturated rings. The second-order valence-electron chi connectivity index (χ2n) is 7.35. The largest absolute Gasteiger partial charge is 0.491 e. The lowest BCUT2D eigenvalue weighted by Crippen LogP contribution is -2.41. The number of esters is 1. The third-order valence-electron chi connectivity index (χ3n) is 5.04. The minimum Gasteiger partial charge on any atom is -0.461 e. The van der Waals surface area contributed by atoms with Crippen LogP contribution in [0.3, 0.4) is 0 Å². The van der Waals surface area contributed by atoms with E-state index in [0.717, 1.165) is 22.3 Å². The van der Waals surface area contributed by atoms with E-state index in [1.165, 1.54) is 0 Å². The second-order valence-corrected chi connectivity index (χ2v) is 7.67. The highest BCUT2D eigenvalue weighted by atomic mass is 32.1. The number of rotatable bonds is 5. The van der Waals surface area contributed by atoms with E-state index in [1.807, 2.05) is 47.6 Å². The molecule has 0 radical (unpaired) electrons. The fraction of sp³-hybridized carbons (Fsp3) is 0.611. The number of thiol groups is 1. The van der Waals surface area contributed by atoms with Crippen molar-refractivity contribution in [2.75, 3.05) is 12.4 Å².